The van der Waals surface area contributed by atoms with Gasteiger partial charge in [0, 0.05) is 6.20 Å². The number of fused-ring (bicyclic) bond motifs is 1. The topological polar surface area (TPSA) is 51.8 Å². The first-order chi connectivity index (χ1) is 5.79. The fourth-order valence-corrected chi connectivity index (χ4v) is 1.20. The van der Waals surface area contributed by atoms with Gasteiger partial charge >= 0.3 is 0 Å². The van der Waals surface area contributed by atoms with Crippen LogP contribution >= 0.6 is 11.6 Å². The summed E-state index contributed by atoms with van der Waals surface area (Å²) in [6.45, 7) is 0. The summed E-state index contributed by atoms with van der Waals surface area (Å²) in [6, 6.07) is 3.65. The summed E-state index contributed by atoms with van der Waals surface area (Å²) >= 11 is 5.90. The van der Waals surface area contributed by atoms with Gasteiger partial charge in [-0.25, -0.2) is 0 Å². The van der Waals surface area contributed by atoms with Crippen molar-refractivity contribution < 1.29 is 0 Å². The van der Waals surface area contributed by atoms with Crippen LogP contribution in [0.1, 0.15) is 0 Å². The van der Waals surface area contributed by atoms with Gasteiger partial charge in [-0.3, -0.25) is 9.97 Å². The molecule has 2 rings (SSSR count). The van der Waals surface area contributed by atoms with Gasteiger partial charge in [0.1, 0.15) is 5.52 Å². The Kier molecular flexibility index (Phi) is 1.59. The van der Waals surface area contributed by atoms with E-state index in [9.17, 15) is 0 Å². The van der Waals surface area contributed by atoms with Crippen LogP contribution in [-0.4, -0.2) is 9.97 Å². The molecule has 2 aromatic heterocycles. The lowest BCUT2D eigenvalue weighted by Gasteiger charge is -2.00. The van der Waals surface area contributed by atoms with E-state index in [0.717, 1.165) is 5.52 Å². The molecule has 0 saturated heterocycles. The van der Waals surface area contributed by atoms with Gasteiger partial charge in [-0.05, 0) is 12.1 Å². The second-order valence-electron chi connectivity index (χ2n) is 2.40. The standard InChI is InChI=1S/C8H6ClN3/c9-7-5(10)4-12-6-2-1-3-11-8(6)7/h1-4H,10H2. The predicted molar refractivity (Wildman–Crippen MR) is 49.0 cm³/mol. The summed E-state index contributed by atoms with van der Waals surface area (Å²) in [7, 11) is 0. The highest BCUT2D eigenvalue weighted by molar-refractivity contribution is 6.37. The molecule has 0 bridgehead atoms. The molecule has 60 valence electrons. The van der Waals surface area contributed by atoms with Crippen molar-refractivity contribution >= 4 is 28.3 Å². The van der Waals surface area contributed by atoms with Crippen LogP contribution in [0.4, 0.5) is 5.69 Å². The highest BCUT2D eigenvalue weighted by Gasteiger charge is 2.03. The molecule has 2 aromatic rings. The summed E-state index contributed by atoms with van der Waals surface area (Å²) in [5.74, 6) is 0. The van der Waals surface area contributed by atoms with Crippen LogP contribution in [0.25, 0.3) is 11.0 Å². The van der Waals surface area contributed by atoms with Gasteiger partial charge in [0.25, 0.3) is 0 Å². The Hall–Kier alpha value is -1.35. The van der Waals surface area contributed by atoms with Gasteiger partial charge in [-0.15, -0.1) is 0 Å². The lowest BCUT2D eigenvalue weighted by atomic mass is 10.3. The SMILES string of the molecule is Nc1cnc2cccnc2c1Cl. The van der Waals surface area contributed by atoms with E-state index in [1.807, 2.05) is 12.1 Å². The third-order valence-electron chi connectivity index (χ3n) is 1.59. The van der Waals surface area contributed by atoms with Crippen LogP contribution in [-0.2, 0) is 0 Å². The maximum atomic E-state index is 5.90. The Bertz CT molecular complexity index is 428. The number of pyridine rings is 2. The summed E-state index contributed by atoms with van der Waals surface area (Å²) in [5.41, 5.74) is 7.43. The van der Waals surface area contributed by atoms with Crippen LogP contribution in [0.2, 0.25) is 5.02 Å². The second-order valence-corrected chi connectivity index (χ2v) is 2.78. The normalized spacial score (nSPS) is 10.4. The van der Waals surface area contributed by atoms with Gasteiger partial charge in [-0.2, -0.15) is 0 Å². The maximum absolute atomic E-state index is 5.90. The maximum Gasteiger partial charge on any atom is 0.109 e. The molecule has 0 fully saturated rings. The van der Waals surface area contributed by atoms with Crippen molar-refractivity contribution in [3.8, 4) is 0 Å². The molecule has 0 atom stereocenters. The van der Waals surface area contributed by atoms with Crippen LogP contribution in [0, 0.1) is 0 Å². The number of rotatable bonds is 0. The monoisotopic (exact) mass is 179 g/mol. The molecule has 2 heterocycles. The van der Waals surface area contributed by atoms with Gasteiger partial charge < -0.3 is 5.73 Å². The molecule has 2 N–H and O–H groups in total. The molecule has 0 aromatic carbocycles. The summed E-state index contributed by atoms with van der Waals surface area (Å²) < 4.78 is 0. The van der Waals surface area contributed by atoms with Gasteiger partial charge in [-0.1, -0.05) is 11.6 Å². The molecule has 3 nitrogen and oxygen atoms in total. The van der Waals surface area contributed by atoms with Crippen LogP contribution < -0.4 is 5.73 Å². The first-order valence-electron chi connectivity index (χ1n) is 3.44. The smallest absolute Gasteiger partial charge is 0.109 e. The van der Waals surface area contributed by atoms with Crippen molar-refractivity contribution in [1.82, 2.24) is 9.97 Å². The summed E-state index contributed by atoms with van der Waals surface area (Å²) in [6.07, 6.45) is 3.20. The van der Waals surface area contributed by atoms with E-state index in [1.54, 1.807) is 6.20 Å². The number of aromatic nitrogens is 2. The van der Waals surface area contributed by atoms with Crippen molar-refractivity contribution in [3.05, 3.63) is 29.5 Å². The zero-order valence-corrected chi connectivity index (χ0v) is 6.92. The molecule has 12 heavy (non-hydrogen) atoms. The van der Waals surface area contributed by atoms with Crippen molar-refractivity contribution in [2.75, 3.05) is 5.73 Å². The third-order valence-corrected chi connectivity index (χ3v) is 1.99. The Morgan fingerprint density at radius 1 is 1.33 bits per heavy atom. The van der Waals surface area contributed by atoms with Crippen molar-refractivity contribution in [3.63, 3.8) is 0 Å². The first kappa shape index (κ1) is 7.31. The molecular formula is C8H6ClN3. The highest BCUT2D eigenvalue weighted by atomic mass is 35.5. The van der Waals surface area contributed by atoms with Crippen molar-refractivity contribution in [1.29, 1.82) is 0 Å². The van der Waals surface area contributed by atoms with E-state index in [1.165, 1.54) is 6.20 Å². The van der Waals surface area contributed by atoms with Crippen molar-refractivity contribution in [2.45, 2.75) is 0 Å². The summed E-state index contributed by atoms with van der Waals surface area (Å²) in [4.78, 5) is 8.14. The largest absolute Gasteiger partial charge is 0.396 e. The number of halogens is 1. The van der Waals surface area contributed by atoms with Crippen LogP contribution in [0.3, 0.4) is 0 Å². The van der Waals surface area contributed by atoms with Gasteiger partial charge in [0.15, 0.2) is 0 Å². The fourth-order valence-electron chi connectivity index (χ4n) is 1.00. The molecule has 0 unspecified atom stereocenters. The van der Waals surface area contributed by atoms with E-state index < -0.39 is 0 Å². The van der Waals surface area contributed by atoms with E-state index in [4.69, 9.17) is 17.3 Å². The Morgan fingerprint density at radius 2 is 2.17 bits per heavy atom. The van der Waals surface area contributed by atoms with E-state index in [-0.39, 0.29) is 0 Å². The number of hydrogen-bond donors (Lipinski definition) is 1. The van der Waals surface area contributed by atoms with Crippen LogP contribution in [0.5, 0.6) is 0 Å². The average molecular weight is 180 g/mol. The lowest BCUT2D eigenvalue weighted by Crippen LogP contribution is -1.90. The average Bonchev–Trinajstić information content (AvgIpc) is 2.12. The van der Waals surface area contributed by atoms with Crippen molar-refractivity contribution in [2.24, 2.45) is 0 Å². The zero-order valence-electron chi connectivity index (χ0n) is 6.16. The Morgan fingerprint density at radius 3 is 3.00 bits per heavy atom. The third kappa shape index (κ3) is 0.987. The Balaban J connectivity index is 2.91. The molecule has 0 aliphatic heterocycles. The molecule has 0 saturated carbocycles. The van der Waals surface area contributed by atoms with Gasteiger partial charge in [0.05, 0.1) is 22.4 Å². The minimum atomic E-state index is 0.461. The van der Waals surface area contributed by atoms with Gasteiger partial charge in [0.2, 0.25) is 0 Å². The number of hydrogen-bond acceptors (Lipinski definition) is 3. The van der Waals surface area contributed by atoms with E-state index >= 15 is 0 Å². The number of nitrogens with two attached hydrogens (primary N) is 1. The second kappa shape index (κ2) is 2.60. The van der Waals surface area contributed by atoms with Crippen LogP contribution in [0.15, 0.2) is 24.5 Å². The quantitative estimate of drug-likeness (QED) is 0.672. The summed E-state index contributed by atoms with van der Waals surface area (Å²) in [5, 5.41) is 0.473. The fraction of sp³-hybridized carbons (Fsp3) is 0. The lowest BCUT2D eigenvalue weighted by molar-refractivity contribution is 1.34. The molecule has 0 radical (unpaired) electrons. The molecule has 0 aliphatic rings. The highest BCUT2D eigenvalue weighted by Crippen LogP contribution is 2.24. The van der Waals surface area contributed by atoms with E-state index in [0.29, 0.717) is 16.2 Å². The minimum Gasteiger partial charge on any atom is -0.396 e. The predicted octanol–water partition coefficient (Wildman–Crippen LogP) is 1.87. The van der Waals surface area contributed by atoms with E-state index in [2.05, 4.69) is 9.97 Å². The molecule has 0 spiro atoms. The molecule has 0 aliphatic carbocycles. The number of anilines is 1. The minimum absolute atomic E-state index is 0.461. The molecule has 4 heteroatoms. The number of nitrogens with zero attached hydrogens (tertiary/aromatic N) is 2. The zero-order chi connectivity index (χ0) is 8.55. The molecular weight excluding hydrogens is 174 g/mol. The molecule has 0 amide bonds. The number of nitrogen functional groups attached to an aromatic ring is 1. The first-order valence-corrected chi connectivity index (χ1v) is 3.81. The Labute approximate surface area is 74.2 Å².